The Morgan fingerprint density at radius 2 is 0.853 bits per heavy atom. The van der Waals surface area contributed by atoms with Gasteiger partial charge in [-0.15, -0.1) is 0 Å². The smallest absolute Gasteiger partial charge is 0.412 e. The number of amides is 2. The van der Waals surface area contributed by atoms with Crippen molar-refractivity contribution in [1.29, 1.82) is 0 Å². The second-order valence-electron chi connectivity index (χ2n) is 36.0. The van der Waals surface area contributed by atoms with E-state index >= 15 is 0 Å². The van der Waals surface area contributed by atoms with Crippen molar-refractivity contribution in [2.45, 2.75) is 216 Å². The fourth-order valence-corrected chi connectivity index (χ4v) is 23.1. The molecule has 12 aromatic rings. The Bertz CT molecular complexity index is 6120. The number of aryl methyl sites for hydroxylation is 4. The van der Waals surface area contributed by atoms with Crippen molar-refractivity contribution in [2.24, 2.45) is 35.0 Å². The summed E-state index contributed by atoms with van der Waals surface area (Å²) in [4.78, 5) is 117. The molecule has 20 nitrogen and oxygen atoms in total. The molecule has 7 unspecified atom stereocenters. The quantitative estimate of drug-likeness (QED) is 0.00780. The number of anilines is 3. The summed E-state index contributed by atoms with van der Waals surface area (Å²) >= 11 is 3.66. The maximum atomic E-state index is 13.8. The molecule has 143 heavy (non-hydrogen) atoms. The third-order valence-electron chi connectivity index (χ3n) is 22.6. The van der Waals surface area contributed by atoms with E-state index in [1.165, 1.54) is 151 Å². The molecular formula is C113H116F5I2N3O17S3. The number of hydrogen-bond donors (Lipinski definition) is 3. The zero-order valence-electron chi connectivity index (χ0n) is 81.6. The summed E-state index contributed by atoms with van der Waals surface area (Å²) in [5.41, 5.74) is 7.18. The Hall–Kier alpha value is -12.4. The highest BCUT2D eigenvalue weighted by Crippen LogP contribution is 2.50. The summed E-state index contributed by atoms with van der Waals surface area (Å²) in [7, 11) is -0.233. The number of nitrogen functional groups attached to an aromatic ring is 1. The van der Waals surface area contributed by atoms with E-state index in [2.05, 4.69) is 256 Å². The molecule has 30 heteroatoms. The van der Waals surface area contributed by atoms with Crippen molar-refractivity contribution in [1.82, 2.24) is 0 Å². The van der Waals surface area contributed by atoms with Crippen LogP contribution in [0.15, 0.2) is 347 Å². The molecule has 4 N–H and O–H groups in total. The molecular weight excluding hydrogens is 2120 g/mol. The van der Waals surface area contributed by atoms with Crippen molar-refractivity contribution in [3.8, 4) is 5.75 Å². The molecule has 2 saturated carbocycles. The van der Waals surface area contributed by atoms with Crippen LogP contribution in [0.2, 0.25) is 0 Å². The number of carboxylic acid groups (broad SMARTS) is 3. The summed E-state index contributed by atoms with van der Waals surface area (Å²) in [6, 6.07) is 101. The van der Waals surface area contributed by atoms with Gasteiger partial charge < -0.3 is 64.4 Å². The lowest BCUT2D eigenvalue weighted by molar-refractivity contribution is -0.351. The fourth-order valence-electron chi connectivity index (χ4n) is 15.6. The summed E-state index contributed by atoms with van der Waals surface area (Å²) in [5, 5.41) is 37.5. The Kier molecular flexibility index (Phi) is 42.6. The molecule has 2 bridgehead atoms. The molecule has 14 rings (SSSR count). The van der Waals surface area contributed by atoms with Gasteiger partial charge in [0.2, 0.25) is 5.91 Å². The third kappa shape index (κ3) is 33.9. The first-order valence-electron chi connectivity index (χ1n) is 46.1. The van der Waals surface area contributed by atoms with Crippen molar-refractivity contribution in [3.63, 3.8) is 0 Å². The zero-order valence-corrected chi connectivity index (χ0v) is 88.4. The van der Waals surface area contributed by atoms with Crippen molar-refractivity contribution >= 4 is 149 Å². The van der Waals surface area contributed by atoms with Crippen LogP contribution < -0.4 is 36.4 Å². The number of esters is 4. The second kappa shape index (κ2) is 53.3. The molecule has 7 atom stereocenters. The SMILES string of the molecule is CC(C)C(OC(=O)c1cc(N)cc(I)c1)C(C)(C(=O)[O-])C(F)(F)F.CC(C)C(OC(=O)c1cc(NC(=O)OC(C)(C)C)ccc1I)C(F)(F)C(=O)[O-].CCC(CC(=O)[O-])OC(=O)c1cc(C)cc(NC(C)=O)c1.Cc1ccc([S+](c2ccccc2)c2ccc(C)cc2)cc1.Cc1ccc([S+](c2ccccc2)c2ccccc2)cc1.O=C(Oc1ccc([S+](c2ccccc2)c2ccccc2)cc1)C1CC2CCC1C2. The predicted molar refractivity (Wildman–Crippen MR) is 558 cm³/mol. The Morgan fingerprint density at radius 1 is 0.448 bits per heavy atom. The van der Waals surface area contributed by atoms with Crippen LogP contribution in [0.4, 0.5) is 43.8 Å². The maximum Gasteiger partial charge on any atom is 0.412 e. The van der Waals surface area contributed by atoms with Crippen LogP contribution in [0.1, 0.15) is 161 Å². The van der Waals surface area contributed by atoms with E-state index < -0.39 is 95.2 Å². The first-order chi connectivity index (χ1) is 67.6. The highest BCUT2D eigenvalue weighted by atomic mass is 127. The molecule has 0 aliphatic heterocycles. The number of fused-ring (bicyclic) bond motifs is 2. The largest absolute Gasteiger partial charge is 0.550 e. The lowest BCUT2D eigenvalue weighted by atomic mass is 9.78. The van der Waals surface area contributed by atoms with Crippen molar-refractivity contribution < 1.29 is 104 Å². The molecule has 0 saturated heterocycles. The van der Waals surface area contributed by atoms with Gasteiger partial charge in [-0.3, -0.25) is 14.9 Å². The number of carbonyl (C=O) groups is 9. The number of nitrogens with one attached hydrogen (secondary N) is 2. The van der Waals surface area contributed by atoms with E-state index in [0.717, 1.165) is 17.9 Å². The fraction of sp³-hybridized carbons (Fsp3) is 0.283. The van der Waals surface area contributed by atoms with Gasteiger partial charge in [-0.25, -0.2) is 19.2 Å². The minimum absolute atomic E-state index is 0.0229. The molecule has 0 radical (unpaired) electrons. The van der Waals surface area contributed by atoms with Crippen LogP contribution in [0.5, 0.6) is 5.75 Å². The van der Waals surface area contributed by atoms with E-state index in [-0.39, 0.29) is 85.0 Å². The number of rotatable bonds is 28. The number of nitrogens with two attached hydrogens (primary N) is 1. The van der Waals surface area contributed by atoms with Gasteiger partial charge in [-0.1, -0.05) is 185 Å². The van der Waals surface area contributed by atoms with Gasteiger partial charge in [-0.05, 0) is 331 Å². The normalized spacial score (nSPS) is 14.6. The van der Waals surface area contributed by atoms with Crippen LogP contribution in [0.25, 0.3) is 0 Å². The van der Waals surface area contributed by atoms with Crippen molar-refractivity contribution in [2.75, 3.05) is 16.4 Å². The molecule has 0 heterocycles. The number of benzene rings is 12. The molecule has 2 amide bonds. The van der Waals surface area contributed by atoms with E-state index in [1.54, 1.807) is 75.4 Å². The molecule has 2 aliphatic rings. The minimum atomic E-state index is -5.16. The van der Waals surface area contributed by atoms with Crippen LogP contribution >= 0.6 is 45.2 Å². The number of ether oxygens (including phenoxy) is 5. The Balaban J connectivity index is 0.000000192. The van der Waals surface area contributed by atoms with Crippen LogP contribution in [0.3, 0.4) is 0 Å². The average molecular weight is 2230 g/mol. The highest BCUT2D eigenvalue weighted by Gasteiger charge is 2.60. The lowest BCUT2D eigenvalue weighted by Crippen LogP contribution is -2.59. The lowest BCUT2D eigenvalue weighted by Gasteiger charge is -2.41. The summed E-state index contributed by atoms with van der Waals surface area (Å²) < 4.78 is 94.3. The molecule has 2 fully saturated rings. The van der Waals surface area contributed by atoms with E-state index in [0.29, 0.717) is 37.8 Å². The van der Waals surface area contributed by atoms with E-state index in [1.807, 2.05) is 46.9 Å². The standard InChI is InChI=1S/C26H25O2S.C20H19S.C19H17S.C18H22F2INO6.C15H17F3INO4.C15H19NO5/c27-26(25-18-19-11-12-20(25)17-19)28-21-13-15-24(16-14-21)29(22-7-3-1-4-8-22)23-9-5-2-6-10-23;1-16-8-12-19(13-9-16)21(18-6-4-3-5-7-18)20-14-10-17(2)11-15-20;1-16-12-14-19(15-13-16)20(17-8-4-2-5-9-17)18-10-6-3-7-11-18;1-9(2)13(18(19,20)15(24)25)27-14(23)11-8-10(6-7-12(11)21)22-16(26)28-17(3,4)5;1-7(2)11(14(3,13(22)23)15(16,17)18)24-12(21)8-4-9(19)6-10(20)5-8;1-4-13(8-14(18)19)21-15(20)11-5-9(2)6-12(7-11)16-10(3)17/h1-10,13-16,19-20,25H,11-12,17-18H2;3-15H,1-2H3;2-15H,1H3;6-9,13H,1-5H3,(H,22,26)(H,24,25);4-7,11H,20H2,1-3H3,(H,22,23);5-7,13H,4,8H2,1-3H3,(H,16,17)(H,18,19)/q3*+1;;;/p-3. The third-order valence-corrected chi connectivity index (χ3v) is 30.9. The van der Waals surface area contributed by atoms with Gasteiger partial charge in [0.1, 0.15) is 34.9 Å². The molecule has 752 valence electrons. The van der Waals surface area contributed by atoms with E-state index in [4.69, 9.17) is 29.4 Å². The monoisotopic (exact) mass is 2230 g/mol. The number of hydrogen-bond acceptors (Lipinski definition) is 18. The number of carboxylic acids is 3. The number of alkyl halides is 5. The Labute approximate surface area is 868 Å². The first kappa shape index (κ1) is 114. The topological polar surface area (TPSA) is 319 Å². The minimum Gasteiger partial charge on any atom is -0.550 e. The zero-order chi connectivity index (χ0) is 105. The van der Waals surface area contributed by atoms with Gasteiger partial charge in [0.05, 0.1) is 61.3 Å². The first-order valence-corrected chi connectivity index (χ1v) is 51.9. The average Bonchev–Trinajstić information content (AvgIpc) is 1.75. The van der Waals surface area contributed by atoms with E-state index in [9.17, 15) is 80.4 Å². The number of halogens is 7. The summed E-state index contributed by atoms with van der Waals surface area (Å²) in [6.45, 7) is 22.0. The molecule has 12 aromatic carbocycles. The predicted octanol–water partition coefficient (Wildman–Crippen LogP) is 23.2. The van der Waals surface area contributed by atoms with Gasteiger partial charge in [-0.2, -0.15) is 22.0 Å². The number of carbonyl (C=O) groups excluding carboxylic acids is 9. The summed E-state index contributed by atoms with van der Waals surface area (Å²) in [6.07, 6.45) is -6.07. The van der Waals surface area contributed by atoms with Gasteiger partial charge in [0.25, 0.3) is 0 Å². The molecule has 2 aliphatic carbocycles. The van der Waals surface area contributed by atoms with Gasteiger partial charge in [0.15, 0.2) is 50.2 Å². The molecule has 0 spiro atoms. The summed E-state index contributed by atoms with van der Waals surface area (Å²) in [5.74, 6) is -13.6. The maximum absolute atomic E-state index is 13.8. The molecule has 0 aromatic heterocycles. The van der Waals surface area contributed by atoms with Crippen LogP contribution in [0, 0.1) is 69.8 Å². The Morgan fingerprint density at radius 3 is 1.21 bits per heavy atom. The van der Waals surface area contributed by atoms with Crippen LogP contribution in [-0.2, 0) is 75.6 Å². The highest BCUT2D eigenvalue weighted by molar-refractivity contribution is 14.1. The van der Waals surface area contributed by atoms with Crippen molar-refractivity contribution in [3.05, 3.63) is 349 Å². The van der Waals surface area contributed by atoms with Gasteiger partial charge >= 0.3 is 42.1 Å². The van der Waals surface area contributed by atoms with Crippen LogP contribution in [-0.4, -0.2) is 89.8 Å². The van der Waals surface area contributed by atoms with Gasteiger partial charge in [0, 0.05) is 43.5 Å². The second-order valence-corrected chi connectivity index (χ2v) is 44.5. The number of aliphatic carboxylic acids is 3.